The third-order valence-electron chi connectivity index (χ3n) is 4.51. The molecule has 1 saturated heterocycles. The van der Waals surface area contributed by atoms with Crippen LogP contribution in [0.1, 0.15) is 38.7 Å². The molecule has 0 amide bonds. The Morgan fingerprint density at radius 1 is 1.19 bits per heavy atom. The average Bonchev–Trinajstić information content (AvgIpc) is 2.52. The van der Waals surface area contributed by atoms with Gasteiger partial charge in [-0.3, -0.25) is 0 Å². The molecule has 3 nitrogen and oxygen atoms in total. The molecule has 1 aromatic rings. The monoisotopic (exact) mass is 291 g/mol. The minimum atomic E-state index is 0.210. The zero-order chi connectivity index (χ0) is 15.1. The van der Waals surface area contributed by atoms with Crippen molar-refractivity contribution < 1.29 is 9.47 Å². The first-order valence-electron chi connectivity index (χ1n) is 8.09. The van der Waals surface area contributed by atoms with Gasteiger partial charge in [0, 0.05) is 25.2 Å². The summed E-state index contributed by atoms with van der Waals surface area (Å²) in [6.07, 6.45) is 3.41. The molecule has 21 heavy (non-hydrogen) atoms. The van der Waals surface area contributed by atoms with Gasteiger partial charge in [-0.2, -0.15) is 0 Å². The molecule has 1 fully saturated rings. The summed E-state index contributed by atoms with van der Waals surface area (Å²) >= 11 is 0. The van der Waals surface area contributed by atoms with Crippen molar-refractivity contribution in [1.29, 1.82) is 0 Å². The molecule has 0 radical (unpaired) electrons. The second kappa shape index (κ2) is 7.81. The van der Waals surface area contributed by atoms with Crippen LogP contribution < -0.4 is 10.1 Å². The van der Waals surface area contributed by atoms with E-state index in [0.29, 0.717) is 0 Å². The lowest BCUT2D eigenvalue weighted by Gasteiger charge is -2.38. The van der Waals surface area contributed by atoms with Gasteiger partial charge in [0.05, 0.1) is 7.11 Å². The summed E-state index contributed by atoms with van der Waals surface area (Å²) in [5, 5.41) is 3.67. The second-order valence-electron chi connectivity index (χ2n) is 6.48. The van der Waals surface area contributed by atoms with Crippen LogP contribution >= 0.6 is 0 Å². The topological polar surface area (TPSA) is 30.5 Å². The number of rotatable bonds is 7. The van der Waals surface area contributed by atoms with Crippen molar-refractivity contribution in [3.63, 3.8) is 0 Å². The lowest BCUT2D eigenvalue weighted by molar-refractivity contribution is 0.0498. The van der Waals surface area contributed by atoms with Gasteiger partial charge in [0.15, 0.2) is 0 Å². The number of hydrogen-bond acceptors (Lipinski definition) is 3. The molecule has 0 aliphatic carbocycles. The zero-order valence-electron chi connectivity index (χ0n) is 13.7. The quantitative estimate of drug-likeness (QED) is 0.781. The zero-order valence-corrected chi connectivity index (χ0v) is 13.7. The summed E-state index contributed by atoms with van der Waals surface area (Å²) in [7, 11) is 1.71. The fraction of sp³-hybridized carbons (Fsp3) is 0.667. The molecule has 0 aromatic heterocycles. The summed E-state index contributed by atoms with van der Waals surface area (Å²) in [5.74, 6) is 1.68. The predicted octanol–water partition coefficient (Wildman–Crippen LogP) is 3.38. The fourth-order valence-electron chi connectivity index (χ4n) is 2.99. The van der Waals surface area contributed by atoms with Crippen LogP contribution in [-0.4, -0.2) is 33.4 Å². The minimum absolute atomic E-state index is 0.210. The van der Waals surface area contributed by atoms with Crippen LogP contribution in [0.3, 0.4) is 0 Å². The summed E-state index contributed by atoms with van der Waals surface area (Å²) in [6, 6.07) is 8.57. The standard InChI is InChI=1S/C18H29NO2/c1-15(2)8-11-19-14-18(9-12-21-13-10-18)16-4-6-17(20-3)7-5-16/h4-7,15,19H,8-14H2,1-3H3. The fourth-order valence-corrected chi connectivity index (χ4v) is 2.99. The van der Waals surface area contributed by atoms with E-state index in [4.69, 9.17) is 9.47 Å². The Bertz CT molecular complexity index is 408. The van der Waals surface area contributed by atoms with Crippen LogP contribution in [0, 0.1) is 5.92 Å². The average molecular weight is 291 g/mol. The van der Waals surface area contributed by atoms with Crippen LogP contribution in [-0.2, 0) is 10.2 Å². The molecule has 3 heteroatoms. The molecule has 118 valence electrons. The van der Waals surface area contributed by atoms with Crippen LogP contribution in [0.25, 0.3) is 0 Å². The van der Waals surface area contributed by atoms with Crippen molar-refractivity contribution >= 4 is 0 Å². The summed E-state index contributed by atoms with van der Waals surface area (Å²) in [6.45, 7) is 8.40. The van der Waals surface area contributed by atoms with Crippen molar-refractivity contribution in [2.24, 2.45) is 5.92 Å². The van der Waals surface area contributed by atoms with E-state index < -0.39 is 0 Å². The van der Waals surface area contributed by atoms with Gasteiger partial charge in [0.25, 0.3) is 0 Å². The maximum Gasteiger partial charge on any atom is 0.118 e. The molecule has 0 atom stereocenters. The van der Waals surface area contributed by atoms with Gasteiger partial charge >= 0.3 is 0 Å². The van der Waals surface area contributed by atoms with E-state index in [2.05, 4.69) is 43.4 Å². The van der Waals surface area contributed by atoms with E-state index in [0.717, 1.165) is 50.8 Å². The Labute approximate surface area is 129 Å². The Kier molecular flexibility index (Phi) is 6.07. The van der Waals surface area contributed by atoms with Crippen LogP contribution in [0.5, 0.6) is 5.75 Å². The number of nitrogens with one attached hydrogen (secondary N) is 1. The number of methoxy groups -OCH3 is 1. The Hall–Kier alpha value is -1.06. The molecule has 0 unspecified atom stereocenters. The predicted molar refractivity (Wildman–Crippen MR) is 87.0 cm³/mol. The van der Waals surface area contributed by atoms with Crippen LogP contribution in [0.2, 0.25) is 0 Å². The normalized spacial score (nSPS) is 17.9. The maximum atomic E-state index is 5.58. The molecule has 2 rings (SSSR count). The lowest BCUT2D eigenvalue weighted by Crippen LogP contribution is -2.43. The molecular formula is C18H29NO2. The third-order valence-corrected chi connectivity index (χ3v) is 4.51. The van der Waals surface area contributed by atoms with Gasteiger partial charge < -0.3 is 14.8 Å². The molecule has 1 aliphatic heterocycles. The number of hydrogen-bond donors (Lipinski definition) is 1. The molecule has 0 spiro atoms. The molecule has 0 saturated carbocycles. The van der Waals surface area contributed by atoms with Crippen molar-refractivity contribution in [2.75, 3.05) is 33.4 Å². The largest absolute Gasteiger partial charge is 0.497 e. The highest BCUT2D eigenvalue weighted by Crippen LogP contribution is 2.35. The lowest BCUT2D eigenvalue weighted by atomic mass is 9.74. The van der Waals surface area contributed by atoms with Gasteiger partial charge in [-0.15, -0.1) is 0 Å². The van der Waals surface area contributed by atoms with Crippen molar-refractivity contribution in [3.8, 4) is 5.75 Å². The van der Waals surface area contributed by atoms with Gasteiger partial charge in [-0.05, 0) is 49.4 Å². The smallest absolute Gasteiger partial charge is 0.118 e. The van der Waals surface area contributed by atoms with Gasteiger partial charge in [0.1, 0.15) is 5.75 Å². The molecule has 1 aromatic carbocycles. The van der Waals surface area contributed by atoms with Gasteiger partial charge in [-0.1, -0.05) is 26.0 Å². The number of benzene rings is 1. The van der Waals surface area contributed by atoms with E-state index in [1.165, 1.54) is 12.0 Å². The Morgan fingerprint density at radius 2 is 1.86 bits per heavy atom. The molecular weight excluding hydrogens is 262 g/mol. The van der Waals surface area contributed by atoms with Crippen LogP contribution in [0.15, 0.2) is 24.3 Å². The van der Waals surface area contributed by atoms with E-state index >= 15 is 0 Å². The van der Waals surface area contributed by atoms with Crippen molar-refractivity contribution in [2.45, 2.75) is 38.5 Å². The van der Waals surface area contributed by atoms with Crippen molar-refractivity contribution in [1.82, 2.24) is 5.32 Å². The SMILES string of the molecule is COc1ccc(C2(CNCCC(C)C)CCOCC2)cc1. The van der Waals surface area contributed by atoms with E-state index in [9.17, 15) is 0 Å². The third kappa shape index (κ3) is 4.45. The summed E-state index contributed by atoms with van der Waals surface area (Å²) < 4.78 is 10.9. The first-order valence-corrected chi connectivity index (χ1v) is 8.09. The highest BCUT2D eigenvalue weighted by atomic mass is 16.5. The Morgan fingerprint density at radius 3 is 2.43 bits per heavy atom. The minimum Gasteiger partial charge on any atom is -0.497 e. The molecule has 1 N–H and O–H groups in total. The Balaban J connectivity index is 2.04. The van der Waals surface area contributed by atoms with Crippen molar-refractivity contribution in [3.05, 3.63) is 29.8 Å². The highest BCUT2D eigenvalue weighted by Gasteiger charge is 2.34. The maximum absolute atomic E-state index is 5.58. The van der Waals surface area contributed by atoms with Crippen LogP contribution in [0.4, 0.5) is 0 Å². The van der Waals surface area contributed by atoms with Gasteiger partial charge in [0.2, 0.25) is 0 Å². The number of ether oxygens (including phenoxy) is 2. The summed E-state index contributed by atoms with van der Waals surface area (Å²) in [4.78, 5) is 0. The highest BCUT2D eigenvalue weighted by molar-refractivity contribution is 5.33. The molecule has 1 aliphatic rings. The van der Waals surface area contributed by atoms with E-state index in [-0.39, 0.29) is 5.41 Å². The first kappa shape index (κ1) is 16.3. The van der Waals surface area contributed by atoms with E-state index in [1.807, 2.05) is 0 Å². The van der Waals surface area contributed by atoms with E-state index in [1.54, 1.807) is 7.11 Å². The first-order chi connectivity index (χ1) is 10.2. The van der Waals surface area contributed by atoms with Gasteiger partial charge in [-0.25, -0.2) is 0 Å². The summed E-state index contributed by atoms with van der Waals surface area (Å²) in [5.41, 5.74) is 1.62. The molecule has 0 bridgehead atoms. The second-order valence-corrected chi connectivity index (χ2v) is 6.48. The molecule has 1 heterocycles.